The third-order valence-corrected chi connectivity index (χ3v) is 7.66. The third-order valence-electron chi connectivity index (χ3n) is 6.73. The van der Waals surface area contributed by atoms with Crippen molar-refractivity contribution in [3.05, 3.63) is 120 Å². The third kappa shape index (κ3) is 6.33. The molecule has 0 saturated carbocycles. The first kappa shape index (κ1) is 28.9. The van der Waals surface area contributed by atoms with Crippen molar-refractivity contribution in [3.8, 4) is 22.5 Å². The van der Waals surface area contributed by atoms with Crippen LogP contribution in [0.3, 0.4) is 0 Å². The quantitative estimate of drug-likeness (QED) is 0.170. The summed E-state index contributed by atoms with van der Waals surface area (Å²) in [6, 6.07) is 33.2. The van der Waals surface area contributed by atoms with Crippen molar-refractivity contribution in [2.45, 2.75) is 34.1 Å². The Morgan fingerprint density at radius 3 is 2.44 bits per heavy atom. The van der Waals surface area contributed by atoms with Gasteiger partial charge in [-0.3, -0.25) is 0 Å². The van der Waals surface area contributed by atoms with Gasteiger partial charge in [0.05, 0.1) is 10.3 Å². The number of thiophene rings is 1. The predicted molar refractivity (Wildman–Crippen MR) is 168 cm³/mol. The van der Waals surface area contributed by atoms with Gasteiger partial charge < -0.3 is 14.4 Å². The molecule has 0 unspecified atom stereocenters. The second-order valence-electron chi connectivity index (χ2n) is 11.3. The van der Waals surface area contributed by atoms with Gasteiger partial charge in [0.15, 0.2) is 0 Å². The molecule has 0 aliphatic rings. The number of aromatic nitrogens is 2. The maximum Gasteiger partial charge on any atom is 0.138 e. The van der Waals surface area contributed by atoms with Crippen molar-refractivity contribution >= 4 is 43.4 Å². The Morgan fingerprint density at radius 2 is 1.68 bits per heavy atom. The number of hydrogen-bond acceptors (Lipinski definition) is 4. The van der Waals surface area contributed by atoms with Crippen LogP contribution >= 0.6 is 11.3 Å². The molecular formula is C36H30IrN2OS-2. The molecule has 7 aromatic rings. The van der Waals surface area contributed by atoms with Crippen molar-refractivity contribution < 1.29 is 24.5 Å². The largest absolute Gasteiger partial charge is 0.499 e. The predicted octanol–water partition coefficient (Wildman–Crippen LogP) is 10.1. The van der Waals surface area contributed by atoms with Gasteiger partial charge in [0.2, 0.25) is 0 Å². The van der Waals surface area contributed by atoms with Crippen LogP contribution in [0.25, 0.3) is 54.5 Å². The minimum absolute atomic E-state index is 0. The molecule has 3 nitrogen and oxygen atoms in total. The van der Waals surface area contributed by atoms with Crippen molar-refractivity contribution in [3.63, 3.8) is 0 Å². The normalized spacial score (nSPS) is 11.3. The zero-order valence-corrected chi connectivity index (χ0v) is 26.7. The Hall–Kier alpha value is -3.63. The number of nitrogens with zero attached hydrogens (tertiary/aromatic N) is 2. The molecule has 0 amide bonds. The van der Waals surface area contributed by atoms with Crippen LogP contribution in [0.2, 0.25) is 0 Å². The Morgan fingerprint density at radius 1 is 0.829 bits per heavy atom. The van der Waals surface area contributed by atoms with Crippen LogP contribution in [-0.4, -0.2) is 9.97 Å². The van der Waals surface area contributed by atoms with E-state index in [4.69, 9.17) is 4.42 Å². The zero-order valence-electron chi connectivity index (χ0n) is 23.5. The molecule has 0 aliphatic carbocycles. The summed E-state index contributed by atoms with van der Waals surface area (Å²) < 4.78 is 7.59. The van der Waals surface area contributed by atoms with Gasteiger partial charge in [-0.05, 0) is 58.6 Å². The van der Waals surface area contributed by atoms with E-state index in [9.17, 15) is 0 Å². The summed E-state index contributed by atoms with van der Waals surface area (Å²) in [5.41, 5.74) is 8.41. The smallest absolute Gasteiger partial charge is 0.138 e. The van der Waals surface area contributed by atoms with E-state index in [0.29, 0.717) is 0 Å². The van der Waals surface area contributed by atoms with Crippen molar-refractivity contribution in [2.75, 3.05) is 0 Å². The molecule has 1 radical (unpaired) electrons. The molecule has 7 rings (SSSR count). The average Bonchev–Trinajstić information content (AvgIpc) is 3.58. The Labute approximate surface area is 258 Å². The number of fused-ring (bicyclic) bond motifs is 5. The van der Waals surface area contributed by atoms with Crippen LogP contribution in [0.5, 0.6) is 0 Å². The van der Waals surface area contributed by atoms with E-state index < -0.39 is 0 Å². The summed E-state index contributed by atoms with van der Waals surface area (Å²) in [5.74, 6) is 0. The molecule has 0 aliphatic heterocycles. The van der Waals surface area contributed by atoms with E-state index in [1.54, 1.807) is 11.3 Å². The van der Waals surface area contributed by atoms with Gasteiger partial charge in [0.25, 0.3) is 0 Å². The number of furan rings is 1. The minimum atomic E-state index is 0. The summed E-state index contributed by atoms with van der Waals surface area (Å²) in [6.45, 7) is 8.80. The van der Waals surface area contributed by atoms with E-state index in [0.717, 1.165) is 50.9 Å². The fourth-order valence-electron chi connectivity index (χ4n) is 4.93. The van der Waals surface area contributed by atoms with E-state index in [2.05, 4.69) is 90.7 Å². The van der Waals surface area contributed by atoms with Crippen LogP contribution in [-0.2, 0) is 26.5 Å². The SMILES string of the molecule is CC(C)(C)Cc1ccnc(-c2[c-]ccc3c2oc2c3ccc3ccsc32)c1.Cc1ccc(-c2[c-]cccc2)nc1.[Ir]. The summed E-state index contributed by atoms with van der Waals surface area (Å²) in [4.78, 5) is 8.94. The van der Waals surface area contributed by atoms with E-state index in [-0.39, 0.29) is 25.5 Å². The standard InChI is InChI=1S/C24H20NOS.C12H10N.Ir/c1-24(2,3)14-15-9-11-25-20(13-15)19-6-4-5-17-18-8-7-16-10-12-27-23(16)22(18)26-21(17)19;1-10-7-8-12(13-9-10)11-5-3-2-4-6-11;/h4-5,7-13H,14H2,1-3H3;2-5,7-9H,1H3;/q2*-1;. The van der Waals surface area contributed by atoms with Crippen molar-refractivity contribution in [1.29, 1.82) is 0 Å². The van der Waals surface area contributed by atoms with Gasteiger partial charge in [-0.1, -0.05) is 67.6 Å². The number of pyridine rings is 2. The average molecular weight is 731 g/mol. The topological polar surface area (TPSA) is 38.9 Å². The molecule has 4 aromatic heterocycles. The zero-order chi connectivity index (χ0) is 27.7. The fraction of sp³-hybridized carbons (Fsp3) is 0.167. The van der Waals surface area contributed by atoms with Crippen LogP contribution in [0, 0.1) is 24.5 Å². The van der Waals surface area contributed by atoms with Gasteiger partial charge in [-0.2, -0.15) is 0 Å². The second-order valence-corrected chi connectivity index (χ2v) is 12.2. The van der Waals surface area contributed by atoms with Crippen molar-refractivity contribution in [2.24, 2.45) is 5.41 Å². The maximum absolute atomic E-state index is 6.39. The molecule has 5 heteroatoms. The van der Waals surface area contributed by atoms with Gasteiger partial charge in [0, 0.05) is 37.9 Å². The van der Waals surface area contributed by atoms with Crippen LogP contribution < -0.4 is 0 Å². The van der Waals surface area contributed by atoms with E-state index in [1.165, 1.54) is 21.2 Å². The summed E-state index contributed by atoms with van der Waals surface area (Å²) in [5, 5.41) is 5.61. The minimum Gasteiger partial charge on any atom is -0.499 e. The first-order chi connectivity index (χ1) is 19.4. The molecule has 0 fully saturated rings. The van der Waals surface area contributed by atoms with Gasteiger partial charge in [-0.15, -0.1) is 65.4 Å². The number of aryl methyl sites for hydroxylation is 1. The Kier molecular flexibility index (Phi) is 8.51. The summed E-state index contributed by atoms with van der Waals surface area (Å²) >= 11 is 1.72. The monoisotopic (exact) mass is 731 g/mol. The molecule has 0 N–H and O–H groups in total. The number of rotatable bonds is 3. The molecular weight excluding hydrogens is 701 g/mol. The molecule has 0 spiro atoms. The van der Waals surface area contributed by atoms with Crippen LogP contribution in [0.4, 0.5) is 0 Å². The fourth-order valence-corrected chi connectivity index (χ4v) is 5.81. The second kappa shape index (κ2) is 12.1. The first-order valence-corrected chi connectivity index (χ1v) is 14.3. The molecule has 41 heavy (non-hydrogen) atoms. The molecule has 0 bridgehead atoms. The molecule has 0 saturated heterocycles. The Balaban J connectivity index is 0.000000204. The molecule has 4 heterocycles. The van der Waals surface area contributed by atoms with E-state index >= 15 is 0 Å². The molecule has 0 atom stereocenters. The van der Waals surface area contributed by atoms with Crippen LogP contribution in [0.1, 0.15) is 31.9 Å². The maximum atomic E-state index is 6.39. The van der Waals surface area contributed by atoms with Gasteiger partial charge in [-0.25, -0.2) is 0 Å². The van der Waals surface area contributed by atoms with Crippen LogP contribution in [0.15, 0.2) is 101 Å². The van der Waals surface area contributed by atoms with Gasteiger partial charge >= 0.3 is 0 Å². The van der Waals surface area contributed by atoms with Crippen molar-refractivity contribution in [1.82, 2.24) is 9.97 Å². The first-order valence-electron chi connectivity index (χ1n) is 13.4. The Bertz CT molecular complexity index is 1920. The van der Waals surface area contributed by atoms with E-state index in [1.807, 2.05) is 55.7 Å². The summed E-state index contributed by atoms with van der Waals surface area (Å²) in [7, 11) is 0. The molecule has 207 valence electrons. The molecule has 3 aromatic carbocycles. The van der Waals surface area contributed by atoms with Gasteiger partial charge in [0.1, 0.15) is 5.58 Å². The summed E-state index contributed by atoms with van der Waals surface area (Å²) in [6.07, 6.45) is 4.77. The number of benzene rings is 3. The number of hydrogen-bond donors (Lipinski definition) is 0.